The van der Waals surface area contributed by atoms with E-state index in [0.717, 1.165) is 13.0 Å². The Hall–Kier alpha value is -2.75. The third kappa shape index (κ3) is 5.01. The van der Waals surface area contributed by atoms with Crippen molar-refractivity contribution in [3.8, 4) is 11.4 Å². The van der Waals surface area contributed by atoms with Crippen molar-refractivity contribution >= 4 is 0 Å². The second kappa shape index (κ2) is 8.65. The van der Waals surface area contributed by atoms with Crippen molar-refractivity contribution in [3.05, 3.63) is 71.8 Å². The molecule has 2 atom stereocenters. The van der Waals surface area contributed by atoms with Gasteiger partial charge >= 0.3 is 6.18 Å². The molecule has 4 rings (SSSR count). The first-order valence-electron chi connectivity index (χ1n) is 10.5. The fourth-order valence-corrected chi connectivity index (χ4v) is 3.74. The molecule has 0 aliphatic carbocycles. The number of pyridine rings is 1. The van der Waals surface area contributed by atoms with Crippen LogP contribution in [0.25, 0.3) is 11.4 Å². The summed E-state index contributed by atoms with van der Waals surface area (Å²) in [6, 6.07) is 9.15. The van der Waals surface area contributed by atoms with Gasteiger partial charge in [0.25, 0.3) is 0 Å². The SMILES string of the molecule is CC(C)(C)c1ccc(CCn2cnc(-c3cc(C4NNNC4C(F)(F)F)ccn3)c2)cc1. The summed E-state index contributed by atoms with van der Waals surface area (Å²) in [5.74, 6) is 0. The van der Waals surface area contributed by atoms with E-state index in [1.807, 2.05) is 10.8 Å². The van der Waals surface area contributed by atoms with Crippen molar-refractivity contribution in [2.24, 2.45) is 0 Å². The van der Waals surface area contributed by atoms with Gasteiger partial charge in [-0.05, 0) is 40.7 Å². The molecule has 3 aromatic rings. The van der Waals surface area contributed by atoms with Crippen LogP contribution >= 0.6 is 0 Å². The van der Waals surface area contributed by atoms with Crippen LogP contribution < -0.4 is 16.4 Å². The highest BCUT2D eigenvalue weighted by atomic mass is 19.4. The molecule has 0 amide bonds. The Kier molecular flexibility index (Phi) is 6.07. The topological polar surface area (TPSA) is 66.8 Å². The first-order chi connectivity index (χ1) is 15.1. The summed E-state index contributed by atoms with van der Waals surface area (Å²) in [5.41, 5.74) is 11.5. The number of rotatable bonds is 5. The second-order valence-electron chi connectivity index (χ2n) is 9.08. The molecule has 1 fully saturated rings. The Labute approximate surface area is 185 Å². The van der Waals surface area contributed by atoms with Crippen LogP contribution in [0.1, 0.15) is 43.5 Å². The summed E-state index contributed by atoms with van der Waals surface area (Å²) in [4.78, 5) is 8.71. The third-order valence-electron chi connectivity index (χ3n) is 5.66. The fraction of sp³-hybridized carbons (Fsp3) is 0.391. The van der Waals surface area contributed by atoms with E-state index in [1.54, 1.807) is 18.5 Å². The van der Waals surface area contributed by atoms with Crippen LogP contribution in [0.3, 0.4) is 0 Å². The van der Waals surface area contributed by atoms with Gasteiger partial charge in [-0.15, -0.1) is 0 Å². The highest BCUT2D eigenvalue weighted by molar-refractivity contribution is 5.54. The van der Waals surface area contributed by atoms with E-state index in [0.29, 0.717) is 17.0 Å². The van der Waals surface area contributed by atoms with Crippen LogP contribution in [-0.4, -0.2) is 26.8 Å². The molecular formula is C23H27F3N6. The summed E-state index contributed by atoms with van der Waals surface area (Å²) >= 11 is 0. The first kappa shape index (κ1) is 22.4. The van der Waals surface area contributed by atoms with Crippen molar-refractivity contribution in [1.29, 1.82) is 0 Å². The maximum atomic E-state index is 13.3. The van der Waals surface area contributed by atoms with Crippen molar-refractivity contribution in [1.82, 2.24) is 30.9 Å². The maximum Gasteiger partial charge on any atom is 0.407 e. The third-order valence-corrected chi connectivity index (χ3v) is 5.66. The molecule has 2 unspecified atom stereocenters. The summed E-state index contributed by atoms with van der Waals surface area (Å²) < 4.78 is 41.7. The molecule has 0 spiro atoms. The number of nitrogens with zero attached hydrogens (tertiary/aromatic N) is 3. The van der Waals surface area contributed by atoms with Crippen molar-refractivity contribution in [2.75, 3.05) is 0 Å². The zero-order valence-corrected chi connectivity index (χ0v) is 18.2. The van der Waals surface area contributed by atoms with E-state index in [4.69, 9.17) is 0 Å². The lowest BCUT2D eigenvalue weighted by molar-refractivity contribution is -0.156. The van der Waals surface area contributed by atoms with Gasteiger partial charge in [-0.1, -0.05) is 45.0 Å². The Bertz CT molecular complexity index is 1050. The van der Waals surface area contributed by atoms with Crippen LogP contribution in [-0.2, 0) is 18.4 Å². The molecule has 32 heavy (non-hydrogen) atoms. The average Bonchev–Trinajstić information content (AvgIpc) is 3.42. The first-order valence-corrected chi connectivity index (χ1v) is 10.5. The van der Waals surface area contributed by atoms with Crippen LogP contribution in [0, 0.1) is 0 Å². The normalized spacial score (nSPS) is 19.4. The monoisotopic (exact) mass is 444 g/mol. The highest BCUT2D eigenvalue weighted by Crippen LogP contribution is 2.32. The summed E-state index contributed by atoms with van der Waals surface area (Å²) in [6.07, 6.45) is 1.56. The largest absolute Gasteiger partial charge is 0.407 e. The van der Waals surface area contributed by atoms with Crippen molar-refractivity contribution < 1.29 is 13.2 Å². The molecule has 0 bridgehead atoms. The zero-order chi connectivity index (χ0) is 22.9. The van der Waals surface area contributed by atoms with E-state index in [1.165, 1.54) is 17.3 Å². The van der Waals surface area contributed by atoms with Gasteiger partial charge in [0.05, 0.1) is 18.1 Å². The molecule has 1 aliphatic heterocycles. The molecule has 1 aliphatic rings. The summed E-state index contributed by atoms with van der Waals surface area (Å²) in [5, 5.41) is 0. The van der Waals surface area contributed by atoms with Gasteiger partial charge in [0.2, 0.25) is 0 Å². The lowest BCUT2D eigenvalue weighted by Crippen LogP contribution is -2.43. The van der Waals surface area contributed by atoms with Crippen molar-refractivity contribution in [2.45, 2.75) is 57.4 Å². The molecule has 1 saturated heterocycles. The number of aryl methyl sites for hydroxylation is 2. The van der Waals surface area contributed by atoms with Crippen LogP contribution in [0.4, 0.5) is 13.2 Å². The fourth-order valence-electron chi connectivity index (χ4n) is 3.74. The average molecular weight is 445 g/mol. The van der Waals surface area contributed by atoms with E-state index in [9.17, 15) is 13.2 Å². The number of hydrogen-bond donors (Lipinski definition) is 3. The van der Waals surface area contributed by atoms with Gasteiger partial charge < -0.3 is 4.57 Å². The van der Waals surface area contributed by atoms with Crippen LogP contribution in [0.2, 0.25) is 0 Å². The van der Waals surface area contributed by atoms with Gasteiger partial charge in [-0.2, -0.15) is 18.7 Å². The molecule has 3 heterocycles. The Morgan fingerprint density at radius 3 is 2.41 bits per heavy atom. The molecule has 170 valence electrons. The molecular weight excluding hydrogens is 417 g/mol. The van der Waals surface area contributed by atoms with E-state index >= 15 is 0 Å². The molecule has 3 N–H and O–H groups in total. The molecule has 9 heteroatoms. The Morgan fingerprint density at radius 2 is 1.72 bits per heavy atom. The smallest absolute Gasteiger partial charge is 0.336 e. The minimum Gasteiger partial charge on any atom is -0.336 e. The standard InChI is InChI=1S/C23H27F3N6/c1-22(2,3)17-6-4-15(5-7-17)9-11-32-13-19(28-14-32)18-12-16(8-10-27-18)20-21(23(24,25)26)30-31-29-20/h4-8,10,12-14,20-21,29-31H,9,11H2,1-3H3. The predicted octanol–water partition coefficient (Wildman–Crippen LogP) is 4.07. The minimum atomic E-state index is -4.39. The second-order valence-corrected chi connectivity index (χ2v) is 9.08. The van der Waals surface area contributed by atoms with Gasteiger partial charge in [-0.25, -0.2) is 15.8 Å². The van der Waals surface area contributed by atoms with Gasteiger partial charge in [0.15, 0.2) is 0 Å². The van der Waals surface area contributed by atoms with E-state index in [-0.39, 0.29) is 5.41 Å². The number of alkyl halides is 3. The quantitative estimate of drug-likeness (QED) is 0.554. The van der Waals surface area contributed by atoms with Gasteiger partial charge in [0, 0.05) is 18.9 Å². The highest BCUT2D eigenvalue weighted by Gasteiger charge is 2.48. The predicted molar refractivity (Wildman–Crippen MR) is 116 cm³/mol. The van der Waals surface area contributed by atoms with Crippen LogP contribution in [0.15, 0.2) is 55.1 Å². The van der Waals surface area contributed by atoms with Gasteiger partial charge in [-0.3, -0.25) is 4.98 Å². The minimum absolute atomic E-state index is 0.125. The molecule has 0 radical (unpaired) electrons. The zero-order valence-electron chi connectivity index (χ0n) is 18.2. The lowest BCUT2D eigenvalue weighted by atomic mass is 9.86. The van der Waals surface area contributed by atoms with Gasteiger partial charge in [0.1, 0.15) is 11.7 Å². The number of aromatic nitrogens is 3. The number of halogens is 3. The number of imidazole rings is 1. The lowest BCUT2D eigenvalue weighted by Gasteiger charge is -2.21. The number of hydrogen-bond acceptors (Lipinski definition) is 5. The van der Waals surface area contributed by atoms with Crippen molar-refractivity contribution in [3.63, 3.8) is 0 Å². The van der Waals surface area contributed by atoms with Crippen LogP contribution in [0.5, 0.6) is 0 Å². The molecule has 1 aromatic carbocycles. The molecule has 2 aromatic heterocycles. The Morgan fingerprint density at radius 1 is 0.969 bits per heavy atom. The molecule has 0 saturated carbocycles. The Balaban J connectivity index is 1.44. The summed E-state index contributed by atoms with van der Waals surface area (Å²) in [7, 11) is 0. The number of nitrogens with one attached hydrogen (secondary N) is 3. The number of benzene rings is 1. The maximum absolute atomic E-state index is 13.3. The van der Waals surface area contributed by atoms with E-state index < -0.39 is 18.3 Å². The van der Waals surface area contributed by atoms with E-state index in [2.05, 4.69) is 71.4 Å². The number of hydrazine groups is 2. The molecule has 6 nitrogen and oxygen atoms in total. The summed E-state index contributed by atoms with van der Waals surface area (Å²) in [6.45, 7) is 7.32.